The number of ether oxygens (including phenoxy) is 1. The first kappa shape index (κ1) is 29.3. The van der Waals surface area contributed by atoms with Gasteiger partial charge in [-0.2, -0.15) is 19.6 Å². The molecule has 0 aromatic carbocycles. The third-order valence-corrected chi connectivity index (χ3v) is 6.29. The lowest BCUT2D eigenvalue weighted by Gasteiger charge is -2.06. The first-order valence-corrected chi connectivity index (χ1v) is 12.7. The normalized spacial score (nSPS) is 11.7. The molecule has 226 valence electrons. The molecule has 20 nitrogen and oxygen atoms in total. The smallest absolute Gasteiger partial charge is 0.360 e. The lowest BCUT2D eigenvalue weighted by Crippen LogP contribution is -2.09. The second-order valence-corrected chi connectivity index (χ2v) is 9.22. The maximum absolute atomic E-state index is 12.0. The van der Waals surface area contributed by atoms with E-state index >= 15 is 0 Å². The Bertz CT molecular complexity index is 1820. The highest BCUT2D eigenvalue weighted by molar-refractivity contribution is 5.98. The van der Waals surface area contributed by atoms with E-state index in [1.54, 1.807) is 34.0 Å². The Kier molecular flexibility index (Phi) is 7.73. The lowest BCUT2D eigenvalue weighted by molar-refractivity contribution is 0.0595. The number of Topliss-reactive ketones (excluding diaryl/α,β-unsaturated/α-hetero) is 1. The Hall–Kier alpha value is -6.18. The highest BCUT2D eigenvalue weighted by Crippen LogP contribution is 2.33. The van der Waals surface area contributed by atoms with Gasteiger partial charge in [0.25, 0.3) is 0 Å². The second-order valence-electron chi connectivity index (χ2n) is 9.22. The number of azo groups is 2. The van der Waals surface area contributed by atoms with Gasteiger partial charge in [-0.1, -0.05) is 0 Å². The van der Waals surface area contributed by atoms with E-state index in [-0.39, 0.29) is 57.7 Å². The number of carbonyl (C=O) groups is 2. The van der Waals surface area contributed by atoms with Gasteiger partial charge in [-0.15, -0.1) is 20.5 Å². The molecule has 0 aliphatic rings. The van der Waals surface area contributed by atoms with Crippen LogP contribution in [0.4, 0.5) is 34.6 Å². The minimum atomic E-state index is -0.722. The Balaban J connectivity index is 1.47. The number of esters is 1. The molecule has 5 aromatic rings. The number of methoxy groups -OCH3 is 1. The van der Waals surface area contributed by atoms with Crippen LogP contribution in [0.2, 0.25) is 0 Å². The molecule has 0 aliphatic heterocycles. The standard InChI is InChI=1S/C24H26N16O4/c1-11-16(31-33-22-18(13(42)7-41)29-9-37(22)3)20(25)39(35-11)14-6-15(28-8-27-14)40-21(26)17(12(2)36-40)32-34-23-19(24(43)44-5)30-10-38(23)4/h6,8-10,41H,7,25-26H2,1-5H3. The van der Waals surface area contributed by atoms with Gasteiger partial charge >= 0.3 is 5.97 Å². The third-order valence-electron chi connectivity index (χ3n) is 6.29. The molecule has 0 fully saturated rings. The Morgan fingerprint density at radius 3 is 1.77 bits per heavy atom. The number of nitrogen functional groups attached to an aromatic ring is 2. The van der Waals surface area contributed by atoms with E-state index in [1.165, 1.54) is 44.6 Å². The maximum Gasteiger partial charge on any atom is 0.360 e. The number of ketones is 1. The molecule has 0 aliphatic carbocycles. The topological polar surface area (TPSA) is 262 Å². The summed E-state index contributed by atoms with van der Waals surface area (Å²) in [4.78, 5) is 40.5. The molecular weight excluding hydrogens is 576 g/mol. The summed E-state index contributed by atoms with van der Waals surface area (Å²) < 4.78 is 10.4. The molecule has 0 atom stereocenters. The van der Waals surface area contributed by atoms with Crippen molar-refractivity contribution in [1.29, 1.82) is 0 Å². The van der Waals surface area contributed by atoms with Crippen molar-refractivity contribution in [2.45, 2.75) is 13.8 Å². The van der Waals surface area contributed by atoms with Crippen molar-refractivity contribution in [2.75, 3.05) is 25.2 Å². The van der Waals surface area contributed by atoms with Crippen LogP contribution in [0.25, 0.3) is 11.6 Å². The van der Waals surface area contributed by atoms with Crippen molar-refractivity contribution in [3.05, 3.63) is 47.8 Å². The van der Waals surface area contributed by atoms with Gasteiger partial charge in [0, 0.05) is 20.2 Å². The molecule has 0 unspecified atom stereocenters. The van der Waals surface area contributed by atoms with Crippen LogP contribution in [0, 0.1) is 13.8 Å². The van der Waals surface area contributed by atoms with Crippen LogP contribution in [0.3, 0.4) is 0 Å². The van der Waals surface area contributed by atoms with Gasteiger partial charge in [-0.3, -0.25) is 4.79 Å². The zero-order valence-corrected chi connectivity index (χ0v) is 24.1. The predicted molar refractivity (Wildman–Crippen MR) is 152 cm³/mol. The summed E-state index contributed by atoms with van der Waals surface area (Å²) >= 11 is 0. The molecule has 0 radical (unpaired) electrons. The largest absolute Gasteiger partial charge is 0.464 e. The predicted octanol–water partition coefficient (Wildman–Crippen LogP) is 1.89. The summed E-state index contributed by atoms with van der Waals surface area (Å²) in [6.45, 7) is 2.63. The number of rotatable bonds is 9. The van der Waals surface area contributed by atoms with Crippen LogP contribution in [-0.2, 0) is 18.8 Å². The van der Waals surface area contributed by atoms with Gasteiger partial charge in [-0.25, -0.2) is 24.7 Å². The summed E-state index contributed by atoms with van der Waals surface area (Å²) in [5.41, 5.74) is 14.0. The molecule has 20 heteroatoms. The maximum atomic E-state index is 12.0. The van der Waals surface area contributed by atoms with Gasteiger partial charge < -0.3 is 30.4 Å². The van der Waals surface area contributed by atoms with Crippen LogP contribution in [0.5, 0.6) is 0 Å². The Morgan fingerprint density at radius 1 is 0.818 bits per heavy atom. The van der Waals surface area contributed by atoms with E-state index in [4.69, 9.17) is 16.2 Å². The number of imidazole rings is 2. The van der Waals surface area contributed by atoms with E-state index in [0.29, 0.717) is 11.4 Å². The quantitative estimate of drug-likeness (QED) is 0.124. The summed E-state index contributed by atoms with van der Waals surface area (Å²) in [6, 6.07) is 1.54. The van der Waals surface area contributed by atoms with Gasteiger partial charge in [0.05, 0.1) is 31.2 Å². The third kappa shape index (κ3) is 5.15. The molecular formula is C24H26N16O4. The zero-order valence-electron chi connectivity index (χ0n) is 24.1. The van der Waals surface area contributed by atoms with E-state index in [1.807, 2.05) is 0 Å². The number of nitrogens with two attached hydrogens (primary N) is 2. The number of hydrogen-bond acceptors (Lipinski definition) is 16. The van der Waals surface area contributed by atoms with E-state index in [0.717, 1.165) is 0 Å². The molecule has 5 aromatic heterocycles. The fourth-order valence-electron chi connectivity index (χ4n) is 4.03. The summed E-state index contributed by atoms with van der Waals surface area (Å²) in [5.74, 6) is -0.204. The van der Waals surface area contributed by atoms with Crippen LogP contribution >= 0.6 is 0 Å². The Labute approximate surface area is 247 Å². The fraction of sp³-hybridized carbons (Fsp3) is 0.250. The van der Waals surface area contributed by atoms with Crippen molar-refractivity contribution in [3.63, 3.8) is 0 Å². The number of aromatic nitrogens is 10. The number of anilines is 2. The van der Waals surface area contributed by atoms with E-state index in [9.17, 15) is 14.7 Å². The molecule has 5 heterocycles. The summed E-state index contributed by atoms with van der Waals surface area (Å²) in [7, 11) is 4.52. The second kappa shape index (κ2) is 11.6. The fourth-order valence-corrected chi connectivity index (χ4v) is 4.03. The first-order valence-electron chi connectivity index (χ1n) is 12.7. The minimum Gasteiger partial charge on any atom is -0.464 e. The summed E-state index contributed by atoms with van der Waals surface area (Å²) in [6.07, 6.45) is 4.07. The van der Waals surface area contributed by atoms with Crippen LogP contribution in [0.1, 0.15) is 32.4 Å². The van der Waals surface area contributed by atoms with Crippen molar-refractivity contribution < 1.29 is 19.4 Å². The van der Waals surface area contributed by atoms with Gasteiger partial charge in [0.15, 0.2) is 57.7 Å². The SMILES string of the molecule is COC(=O)c1ncn(C)c1N=Nc1c(C)nn(-c2cc(-n3nc(C)c(N=Nc4c(C(=O)CO)ncn4C)c3N)ncn2)c1N. The monoisotopic (exact) mass is 602 g/mol. The first-order chi connectivity index (χ1) is 21.0. The number of hydrogen-bond donors (Lipinski definition) is 3. The summed E-state index contributed by atoms with van der Waals surface area (Å²) in [5, 5.41) is 34.8. The number of aryl methyl sites for hydroxylation is 4. The number of carbonyl (C=O) groups excluding carboxylic acids is 2. The van der Waals surface area contributed by atoms with E-state index in [2.05, 4.69) is 50.6 Å². The van der Waals surface area contributed by atoms with Gasteiger partial charge in [0.2, 0.25) is 5.78 Å². The van der Waals surface area contributed by atoms with Crippen molar-refractivity contribution in [3.8, 4) is 11.6 Å². The highest BCUT2D eigenvalue weighted by Gasteiger charge is 2.21. The van der Waals surface area contributed by atoms with Gasteiger partial charge in [0.1, 0.15) is 12.9 Å². The van der Waals surface area contributed by atoms with Gasteiger partial charge in [-0.05, 0) is 13.8 Å². The molecule has 0 saturated carbocycles. The molecule has 44 heavy (non-hydrogen) atoms. The zero-order chi connectivity index (χ0) is 31.7. The number of aliphatic hydroxyl groups is 1. The molecule has 0 spiro atoms. The molecule has 0 amide bonds. The van der Waals surface area contributed by atoms with Crippen LogP contribution < -0.4 is 11.5 Å². The Morgan fingerprint density at radius 2 is 1.30 bits per heavy atom. The molecule has 0 saturated heterocycles. The number of aliphatic hydroxyl groups excluding tert-OH is 1. The van der Waals surface area contributed by atoms with Crippen molar-refractivity contribution >= 4 is 46.4 Å². The average Bonchev–Trinajstić information content (AvgIpc) is 3.74. The van der Waals surface area contributed by atoms with Crippen LogP contribution in [0.15, 0.2) is 45.5 Å². The average molecular weight is 603 g/mol. The number of nitrogens with zero attached hydrogens (tertiary/aromatic N) is 14. The molecule has 5 rings (SSSR count). The van der Waals surface area contributed by atoms with Crippen LogP contribution in [-0.4, -0.2) is 79.2 Å². The van der Waals surface area contributed by atoms with E-state index < -0.39 is 18.4 Å². The van der Waals surface area contributed by atoms with Crippen molar-refractivity contribution in [2.24, 2.45) is 34.6 Å². The van der Waals surface area contributed by atoms with Crippen molar-refractivity contribution in [1.82, 2.24) is 48.6 Å². The lowest BCUT2D eigenvalue weighted by atomic mass is 10.3. The minimum absolute atomic E-state index is 0.00627. The molecule has 5 N–H and O–H groups in total. The highest BCUT2D eigenvalue weighted by atomic mass is 16.5. The molecule has 0 bridgehead atoms.